The summed E-state index contributed by atoms with van der Waals surface area (Å²) >= 11 is 1.74. The first-order valence-electron chi connectivity index (χ1n) is 8.83. The first-order chi connectivity index (χ1) is 12.3. The fourth-order valence-electron chi connectivity index (χ4n) is 2.86. The molecule has 0 atom stereocenters. The van der Waals surface area contributed by atoms with E-state index in [1.807, 2.05) is 24.3 Å². The lowest BCUT2D eigenvalue weighted by Gasteiger charge is -2.12. The smallest absolute Gasteiger partial charge is 0.254 e. The van der Waals surface area contributed by atoms with E-state index in [0.717, 1.165) is 17.2 Å². The third kappa shape index (κ3) is 5.61. The van der Waals surface area contributed by atoms with Gasteiger partial charge < -0.3 is 14.5 Å². The Labute approximate surface area is 152 Å². The van der Waals surface area contributed by atoms with Crippen molar-refractivity contribution < 1.29 is 13.9 Å². The van der Waals surface area contributed by atoms with Crippen LogP contribution in [0.2, 0.25) is 0 Å². The van der Waals surface area contributed by atoms with E-state index in [0.29, 0.717) is 30.6 Å². The normalized spacial score (nSPS) is 14.7. The highest BCUT2D eigenvalue weighted by atomic mass is 32.2. The lowest BCUT2D eigenvalue weighted by Crippen LogP contribution is -2.26. The van der Waals surface area contributed by atoms with E-state index >= 15 is 0 Å². The second-order valence-electron chi connectivity index (χ2n) is 6.12. The topological polar surface area (TPSA) is 64.4 Å². The number of nitrogens with zero attached hydrogens (tertiary/aromatic N) is 1. The van der Waals surface area contributed by atoms with Crippen LogP contribution in [0.1, 0.15) is 48.2 Å². The summed E-state index contributed by atoms with van der Waals surface area (Å²) in [4.78, 5) is 16.9. The van der Waals surface area contributed by atoms with Gasteiger partial charge in [-0.15, -0.1) is 11.8 Å². The van der Waals surface area contributed by atoms with Gasteiger partial charge in [0, 0.05) is 24.6 Å². The summed E-state index contributed by atoms with van der Waals surface area (Å²) in [6.07, 6.45) is 9.15. The van der Waals surface area contributed by atoms with Crippen molar-refractivity contribution in [3.63, 3.8) is 0 Å². The number of thioether (sulfide) groups is 1. The second kappa shape index (κ2) is 9.63. The average Bonchev–Trinajstić information content (AvgIpc) is 3.32. The molecular formula is C19H24N2O3S. The van der Waals surface area contributed by atoms with Gasteiger partial charge >= 0.3 is 0 Å². The van der Waals surface area contributed by atoms with E-state index in [2.05, 4.69) is 10.3 Å². The Morgan fingerprint density at radius 3 is 3.00 bits per heavy atom. The summed E-state index contributed by atoms with van der Waals surface area (Å²) in [6, 6.07) is 7.40. The first-order valence-corrected chi connectivity index (χ1v) is 9.71. The molecule has 25 heavy (non-hydrogen) atoms. The molecule has 1 aliphatic carbocycles. The van der Waals surface area contributed by atoms with Crippen molar-refractivity contribution >= 4 is 17.7 Å². The molecule has 0 bridgehead atoms. The summed E-state index contributed by atoms with van der Waals surface area (Å²) in [5, 5.41) is 4.40. The third-order valence-corrected chi connectivity index (χ3v) is 5.53. The predicted molar refractivity (Wildman–Crippen MR) is 97.7 cm³/mol. The van der Waals surface area contributed by atoms with Crippen LogP contribution in [-0.4, -0.2) is 29.3 Å². The maximum atomic E-state index is 12.4. The Morgan fingerprint density at radius 1 is 1.32 bits per heavy atom. The molecular weight excluding hydrogens is 336 g/mol. The molecule has 134 valence electrons. The number of aromatic nitrogens is 1. The summed E-state index contributed by atoms with van der Waals surface area (Å²) in [7, 11) is 0. The molecule has 0 aromatic carbocycles. The fourth-order valence-corrected chi connectivity index (χ4v) is 4.15. The van der Waals surface area contributed by atoms with E-state index in [4.69, 9.17) is 9.15 Å². The molecule has 0 saturated heterocycles. The van der Waals surface area contributed by atoms with Crippen molar-refractivity contribution in [3.8, 4) is 0 Å². The van der Waals surface area contributed by atoms with Crippen molar-refractivity contribution in [3.05, 3.63) is 48.0 Å². The number of carbonyl (C=O) groups is 1. The summed E-state index contributed by atoms with van der Waals surface area (Å²) in [5.41, 5.74) is 0.677. The van der Waals surface area contributed by atoms with Crippen molar-refractivity contribution in [2.75, 3.05) is 13.2 Å². The van der Waals surface area contributed by atoms with Gasteiger partial charge in [-0.1, -0.05) is 12.8 Å². The Hall–Kier alpha value is -1.79. The number of amides is 1. The molecule has 1 N–H and O–H groups in total. The molecule has 0 unspecified atom stereocenters. The summed E-state index contributed by atoms with van der Waals surface area (Å²) in [6.45, 7) is 1.63. The molecule has 2 aromatic heterocycles. The maximum Gasteiger partial charge on any atom is 0.254 e. The Kier molecular flexibility index (Phi) is 6.94. The highest BCUT2D eigenvalue weighted by molar-refractivity contribution is 7.99. The van der Waals surface area contributed by atoms with Gasteiger partial charge in [0.15, 0.2) is 0 Å². The van der Waals surface area contributed by atoms with E-state index in [1.165, 1.54) is 25.7 Å². The van der Waals surface area contributed by atoms with Crippen molar-refractivity contribution in [2.45, 2.75) is 49.0 Å². The van der Waals surface area contributed by atoms with Crippen LogP contribution in [0.5, 0.6) is 0 Å². The fraction of sp³-hybridized carbons (Fsp3) is 0.474. The van der Waals surface area contributed by atoms with E-state index in [1.54, 1.807) is 24.2 Å². The first kappa shape index (κ1) is 18.0. The minimum Gasteiger partial charge on any atom is -0.467 e. The van der Waals surface area contributed by atoms with Crippen LogP contribution in [0.3, 0.4) is 0 Å². The minimum absolute atomic E-state index is 0.0559. The van der Waals surface area contributed by atoms with Crippen LogP contribution in [0.15, 0.2) is 46.2 Å². The van der Waals surface area contributed by atoms with Gasteiger partial charge in [-0.2, -0.15) is 0 Å². The third-order valence-electron chi connectivity index (χ3n) is 4.17. The molecule has 2 aromatic rings. The molecule has 6 heteroatoms. The molecule has 0 aliphatic heterocycles. The van der Waals surface area contributed by atoms with Crippen molar-refractivity contribution in [2.24, 2.45) is 0 Å². The van der Waals surface area contributed by atoms with Gasteiger partial charge in [0.25, 0.3) is 5.91 Å². The number of nitrogens with one attached hydrogen (secondary N) is 1. The largest absolute Gasteiger partial charge is 0.467 e. The zero-order valence-corrected chi connectivity index (χ0v) is 15.1. The molecule has 0 spiro atoms. The highest BCUT2D eigenvalue weighted by Crippen LogP contribution is 2.35. The quantitative estimate of drug-likeness (QED) is 0.684. The molecule has 2 heterocycles. The van der Waals surface area contributed by atoms with Crippen LogP contribution in [-0.2, 0) is 11.3 Å². The number of rotatable bonds is 9. The molecule has 0 radical (unpaired) electrons. The average molecular weight is 360 g/mol. The Morgan fingerprint density at radius 2 is 2.20 bits per heavy atom. The number of ether oxygens (including phenoxy) is 1. The number of pyridine rings is 1. The number of hydrogen-bond acceptors (Lipinski definition) is 5. The molecule has 1 fully saturated rings. The monoisotopic (exact) mass is 360 g/mol. The molecule has 3 rings (SSSR count). The lowest BCUT2D eigenvalue weighted by atomic mass is 10.2. The molecule has 5 nitrogen and oxygen atoms in total. The number of furan rings is 1. The van der Waals surface area contributed by atoms with Gasteiger partial charge in [-0.05, 0) is 43.5 Å². The summed E-state index contributed by atoms with van der Waals surface area (Å²) in [5.74, 6) is 0.757. The number of carbonyl (C=O) groups excluding carboxylic acids is 1. The van der Waals surface area contributed by atoms with Gasteiger partial charge in [0.2, 0.25) is 0 Å². The van der Waals surface area contributed by atoms with Crippen molar-refractivity contribution in [1.29, 1.82) is 0 Å². The van der Waals surface area contributed by atoms with Crippen LogP contribution in [0, 0.1) is 0 Å². The predicted octanol–water partition coefficient (Wildman–Crippen LogP) is 4.05. The Balaban J connectivity index is 1.40. The van der Waals surface area contributed by atoms with E-state index < -0.39 is 0 Å². The Bertz CT molecular complexity index is 654. The van der Waals surface area contributed by atoms with Crippen LogP contribution >= 0.6 is 11.8 Å². The molecule has 1 amide bonds. The van der Waals surface area contributed by atoms with Gasteiger partial charge in [0.1, 0.15) is 17.4 Å². The molecule has 1 aliphatic rings. The van der Waals surface area contributed by atoms with Crippen molar-refractivity contribution in [1.82, 2.24) is 10.3 Å². The van der Waals surface area contributed by atoms with Gasteiger partial charge in [-0.3, -0.25) is 4.79 Å². The van der Waals surface area contributed by atoms with Crippen LogP contribution < -0.4 is 5.32 Å². The van der Waals surface area contributed by atoms with Crippen LogP contribution in [0.4, 0.5) is 0 Å². The standard InChI is InChI=1S/C19H24N2O3S/c22-18(20-11-5-12-23-14-15-6-4-13-24-15)17-9-3-10-21-19(17)25-16-7-1-2-8-16/h3-4,6,9-10,13,16H,1-2,5,7-8,11-12,14H2,(H,20,22). The number of hydrogen-bond donors (Lipinski definition) is 1. The lowest BCUT2D eigenvalue weighted by molar-refractivity contribution is 0.0914. The van der Waals surface area contributed by atoms with Crippen LogP contribution in [0.25, 0.3) is 0 Å². The second-order valence-corrected chi connectivity index (χ2v) is 7.41. The minimum atomic E-state index is -0.0559. The zero-order valence-electron chi connectivity index (χ0n) is 14.3. The molecule has 1 saturated carbocycles. The summed E-state index contributed by atoms with van der Waals surface area (Å²) < 4.78 is 10.7. The van der Waals surface area contributed by atoms with E-state index in [9.17, 15) is 4.79 Å². The van der Waals surface area contributed by atoms with Gasteiger partial charge in [-0.25, -0.2) is 4.98 Å². The SMILES string of the molecule is O=C(NCCCOCc1ccco1)c1cccnc1SC1CCCC1. The van der Waals surface area contributed by atoms with E-state index in [-0.39, 0.29) is 5.91 Å². The van der Waals surface area contributed by atoms with Gasteiger partial charge in [0.05, 0.1) is 11.8 Å². The highest BCUT2D eigenvalue weighted by Gasteiger charge is 2.20. The zero-order chi connectivity index (χ0) is 17.3. The maximum absolute atomic E-state index is 12.4.